The van der Waals surface area contributed by atoms with Crippen LogP contribution < -0.4 is 0 Å². The number of carbonyl (C=O) groups excluding carboxylic acids is 3. The van der Waals surface area contributed by atoms with E-state index < -0.39 is 11.2 Å². The van der Waals surface area contributed by atoms with E-state index >= 15 is 0 Å². The van der Waals surface area contributed by atoms with Gasteiger partial charge in [0, 0.05) is 58.9 Å². The predicted octanol–water partition coefficient (Wildman–Crippen LogP) is 5.06. The number of benzene rings is 2. The minimum absolute atomic E-state index is 0.0281. The summed E-state index contributed by atoms with van der Waals surface area (Å²) in [5.74, 6) is -0.370. The van der Waals surface area contributed by atoms with Gasteiger partial charge in [0.25, 0.3) is 0 Å². The molecule has 1 aliphatic rings. The number of hydrogen-bond acceptors (Lipinski definition) is 8. The first kappa shape index (κ1) is 35.8. The Labute approximate surface area is 269 Å². The van der Waals surface area contributed by atoms with E-state index in [1.165, 1.54) is 5.56 Å². The number of nitrogens with zero attached hydrogens (tertiary/aromatic N) is 4. The molecule has 0 bridgehead atoms. The molecule has 2 aromatic carbocycles. The normalized spacial score (nSPS) is 16.3. The van der Waals surface area contributed by atoms with Gasteiger partial charge in [-0.25, -0.2) is 9.59 Å². The summed E-state index contributed by atoms with van der Waals surface area (Å²) in [4.78, 5) is 47.1. The standard InChI is InChI=1S/C35H52N4O6/c1-34(2,3)44-32(41)38-23-19-36(18-17-29-13-9-7-10-14-29)20-24-39(33(42)45-35(4,5)6)26-22-37(21-25-38)27-31(40)43-28-30-15-11-8-12-16-30/h7-16H,17-28H2,1-6H3. The van der Waals surface area contributed by atoms with Crippen LogP contribution in [-0.4, -0.2) is 114 Å². The first-order valence-corrected chi connectivity index (χ1v) is 15.9. The topological polar surface area (TPSA) is 91.9 Å². The predicted molar refractivity (Wildman–Crippen MR) is 175 cm³/mol. The van der Waals surface area contributed by atoms with Gasteiger partial charge < -0.3 is 24.0 Å². The summed E-state index contributed by atoms with van der Waals surface area (Å²) in [6, 6.07) is 19.8. The molecule has 1 saturated heterocycles. The van der Waals surface area contributed by atoms with E-state index in [1.54, 1.807) is 9.80 Å². The van der Waals surface area contributed by atoms with E-state index in [0.717, 1.165) is 18.5 Å². The Bertz CT molecular complexity index is 1150. The second kappa shape index (κ2) is 17.2. The maximum atomic E-state index is 13.3. The lowest BCUT2D eigenvalue weighted by Gasteiger charge is -2.35. The fraction of sp³-hybridized carbons (Fsp3) is 0.571. The molecule has 0 unspecified atom stereocenters. The molecule has 0 N–H and O–H groups in total. The van der Waals surface area contributed by atoms with Crippen LogP contribution in [0, 0.1) is 0 Å². The zero-order valence-electron chi connectivity index (χ0n) is 28.0. The van der Waals surface area contributed by atoms with Crippen LogP contribution in [0.2, 0.25) is 0 Å². The van der Waals surface area contributed by atoms with Crippen molar-refractivity contribution in [1.29, 1.82) is 0 Å². The average Bonchev–Trinajstić information content (AvgIpc) is 2.96. The summed E-state index contributed by atoms with van der Waals surface area (Å²) in [6.07, 6.45) is 0.0765. The lowest BCUT2D eigenvalue weighted by molar-refractivity contribution is -0.146. The molecule has 0 radical (unpaired) electrons. The molecule has 1 fully saturated rings. The van der Waals surface area contributed by atoms with Crippen molar-refractivity contribution < 1.29 is 28.6 Å². The molecule has 45 heavy (non-hydrogen) atoms. The van der Waals surface area contributed by atoms with Gasteiger partial charge in [0.15, 0.2) is 0 Å². The number of amides is 2. The minimum atomic E-state index is -0.636. The Hall–Kier alpha value is -3.63. The highest BCUT2D eigenvalue weighted by Gasteiger charge is 2.27. The third kappa shape index (κ3) is 14.3. The average molecular weight is 625 g/mol. The van der Waals surface area contributed by atoms with Gasteiger partial charge >= 0.3 is 18.2 Å². The van der Waals surface area contributed by atoms with E-state index in [0.29, 0.717) is 52.4 Å². The molecular weight excluding hydrogens is 572 g/mol. The second-order valence-electron chi connectivity index (χ2n) is 13.4. The number of esters is 1. The highest BCUT2D eigenvalue weighted by atomic mass is 16.6. The van der Waals surface area contributed by atoms with Crippen molar-refractivity contribution in [3.63, 3.8) is 0 Å². The lowest BCUT2D eigenvalue weighted by Crippen LogP contribution is -2.50. The van der Waals surface area contributed by atoms with Crippen LogP contribution in [0.3, 0.4) is 0 Å². The van der Waals surface area contributed by atoms with E-state index in [2.05, 4.69) is 17.0 Å². The van der Waals surface area contributed by atoms with E-state index in [9.17, 15) is 14.4 Å². The highest BCUT2D eigenvalue weighted by molar-refractivity contribution is 5.72. The van der Waals surface area contributed by atoms with Crippen LogP contribution in [0.1, 0.15) is 52.7 Å². The molecule has 248 valence electrons. The van der Waals surface area contributed by atoms with Gasteiger partial charge in [-0.05, 0) is 59.1 Å². The van der Waals surface area contributed by atoms with Gasteiger partial charge in [-0.2, -0.15) is 0 Å². The summed E-state index contributed by atoms with van der Waals surface area (Å²) in [5.41, 5.74) is 0.862. The minimum Gasteiger partial charge on any atom is -0.460 e. The molecule has 0 aromatic heterocycles. The Morgan fingerprint density at radius 2 is 1.02 bits per heavy atom. The van der Waals surface area contributed by atoms with Gasteiger partial charge in [-0.1, -0.05) is 60.7 Å². The van der Waals surface area contributed by atoms with E-state index in [1.807, 2.05) is 95.0 Å². The third-order valence-corrected chi connectivity index (χ3v) is 7.20. The number of ether oxygens (including phenoxy) is 3. The number of hydrogen-bond donors (Lipinski definition) is 0. The molecular formula is C35H52N4O6. The van der Waals surface area contributed by atoms with Gasteiger partial charge in [0.1, 0.15) is 17.8 Å². The maximum Gasteiger partial charge on any atom is 0.410 e. The first-order valence-electron chi connectivity index (χ1n) is 15.9. The van der Waals surface area contributed by atoms with Crippen molar-refractivity contribution in [3.05, 3.63) is 71.8 Å². The second-order valence-corrected chi connectivity index (χ2v) is 13.4. The summed E-state index contributed by atoms with van der Waals surface area (Å²) >= 11 is 0. The van der Waals surface area contributed by atoms with Crippen molar-refractivity contribution in [1.82, 2.24) is 19.6 Å². The Kier molecular flexibility index (Phi) is 13.7. The molecule has 1 heterocycles. The van der Waals surface area contributed by atoms with Crippen molar-refractivity contribution in [2.24, 2.45) is 0 Å². The quantitative estimate of drug-likeness (QED) is 0.312. The molecule has 10 heteroatoms. The zero-order chi connectivity index (χ0) is 32.9. The van der Waals surface area contributed by atoms with Crippen LogP contribution >= 0.6 is 0 Å². The molecule has 2 aromatic rings. The molecule has 10 nitrogen and oxygen atoms in total. The lowest BCUT2D eigenvalue weighted by atomic mass is 10.1. The molecule has 2 amide bonds. The van der Waals surface area contributed by atoms with Crippen molar-refractivity contribution in [2.45, 2.75) is 65.8 Å². The van der Waals surface area contributed by atoms with Crippen molar-refractivity contribution in [3.8, 4) is 0 Å². The molecule has 3 rings (SSSR count). The molecule has 1 aliphatic heterocycles. The Morgan fingerprint density at radius 1 is 0.600 bits per heavy atom. The summed E-state index contributed by atoms with van der Waals surface area (Å²) < 4.78 is 17.1. The first-order chi connectivity index (χ1) is 21.3. The van der Waals surface area contributed by atoms with Crippen LogP contribution in [0.5, 0.6) is 0 Å². The molecule has 0 spiro atoms. The third-order valence-electron chi connectivity index (χ3n) is 7.20. The van der Waals surface area contributed by atoms with Crippen LogP contribution in [0.15, 0.2) is 60.7 Å². The van der Waals surface area contributed by atoms with Crippen LogP contribution in [0.25, 0.3) is 0 Å². The molecule has 0 saturated carbocycles. The van der Waals surface area contributed by atoms with Gasteiger partial charge in [0.05, 0.1) is 6.54 Å². The van der Waals surface area contributed by atoms with Gasteiger partial charge in [-0.3, -0.25) is 14.6 Å². The van der Waals surface area contributed by atoms with E-state index in [4.69, 9.17) is 14.2 Å². The summed E-state index contributed by atoms with van der Waals surface area (Å²) in [5, 5.41) is 0. The monoisotopic (exact) mass is 624 g/mol. The highest BCUT2D eigenvalue weighted by Crippen LogP contribution is 2.13. The van der Waals surface area contributed by atoms with Gasteiger partial charge in [-0.15, -0.1) is 0 Å². The Balaban J connectivity index is 1.77. The van der Waals surface area contributed by atoms with Crippen LogP contribution in [0.4, 0.5) is 9.59 Å². The number of carbonyl (C=O) groups is 3. The molecule has 0 atom stereocenters. The fourth-order valence-electron chi connectivity index (χ4n) is 4.79. The van der Waals surface area contributed by atoms with Crippen LogP contribution in [-0.2, 0) is 32.0 Å². The SMILES string of the molecule is CC(C)(C)OC(=O)N1CCN(CCc2ccccc2)CCN(C(=O)OC(C)(C)C)CCN(CC(=O)OCc2ccccc2)CC1. The maximum absolute atomic E-state index is 13.3. The van der Waals surface area contributed by atoms with Crippen molar-refractivity contribution >= 4 is 18.2 Å². The Morgan fingerprint density at radius 3 is 1.47 bits per heavy atom. The fourth-order valence-corrected chi connectivity index (χ4v) is 4.79. The zero-order valence-corrected chi connectivity index (χ0v) is 28.0. The summed E-state index contributed by atoms with van der Waals surface area (Å²) in [6.45, 7) is 15.8. The smallest absolute Gasteiger partial charge is 0.410 e. The summed E-state index contributed by atoms with van der Waals surface area (Å²) in [7, 11) is 0. The molecule has 0 aliphatic carbocycles. The van der Waals surface area contributed by atoms with Crippen molar-refractivity contribution in [2.75, 3.05) is 65.4 Å². The van der Waals surface area contributed by atoms with E-state index in [-0.39, 0.29) is 31.3 Å². The van der Waals surface area contributed by atoms with Gasteiger partial charge in [0.2, 0.25) is 0 Å². The number of rotatable bonds is 7. The largest absolute Gasteiger partial charge is 0.460 e.